The number of ether oxygens (including phenoxy) is 1. The fourth-order valence-corrected chi connectivity index (χ4v) is 0.797. The smallest absolute Gasteiger partial charge is 0.333 e. The molecule has 72 valence electrons. The Labute approximate surface area is 81.8 Å². The normalized spacial score (nSPS) is 10.0. The monoisotopic (exact) mass is 200 g/mol. The molecular formula is C9H12O3S. The number of rotatable bonds is 4. The van der Waals surface area contributed by atoms with E-state index in [1.165, 1.54) is 6.92 Å². The van der Waals surface area contributed by atoms with Crippen LogP contribution in [0.5, 0.6) is 0 Å². The van der Waals surface area contributed by atoms with Crippen molar-refractivity contribution in [2.45, 2.75) is 13.8 Å². The van der Waals surface area contributed by atoms with E-state index in [4.69, 9.17) is 4.74 Å². The van der Waals surface area contributed by atoms with Gasteiger partial charge < -0.3 is 4.74 Å². The lowest BCUT2D eigenvalue weighted by molar-refractivity contribution is -0.137. The Balaban J connectivity index is 3.56. The summed E-state index contributed by atoms with van der Waals surface area (Å²) in [5.41, 5.74) is 0.368. The van der Waals surface area contributed by atoms with E-state index in [2.05, 4.69) is 6.58 Å². The molecule has 0 aliphatic carbocycles. The molecule has 0 bridgehead atoms. The lowest BCUT2D eigenvalue weighted by Crippen LogP contribution is -2.04. The van der Waals surface area contributed by atoms with E-state index in [-0.39, 0.29) is 11.7 Å². The second kappa shape index (κ2) is 6.48. The molecule has 0 aliphatic heterocycles. The molecule has 0 fully saturated rings. The average Bonchev–Trinajstić information content (AvgIpc) is 2.02. The Hall–Kier alpha value is -1.03. The first-order valence-corrected chi connectivity index (χ1v) is 4.57. The molecule has 0 atom stereocenters. The fraction of sp³-hybridized carbons (Fsp3) is 0.333. The van der Waals surface area contributed by atoms with Crippen molar-refractivity contribution in [3.8, 4) is 0 Å². The van der Waals surface area contributed by atoms with Gasteiger partial charge >= 0.3 is 5.97 Å². The summed E-state index contributed by atoms with van der Waals surface area (Å²) in [6.07, 6.45) is 1.60. The van der Waals surface area contributed by atoms with Gasteiger partial charge in [0, 0.05) is 12.5 Å². The van der Waals surface area contributed by atoms with Crippen molar-refractivity contribution >= 4 is 22.8 Å². The highest BCUT2D eigenvalue weighted by Crippen LogP contribution is 2.02. The molecule has 0 rings (SSSR count). The Morgan fingerprint density at radius 1 is 1.46 bits per heavy atom. The summed E-state index contributed by atoms with van der Waals surface area (Å²) >= 11 is 1.06. The van der Waals surface area contributed by atoms with E-state index in [0.29, 0.717) is 5.57 Å². The maximum atomic E-state index is 10.8. The minimum atomic E-state index is -0.419. The van der Waals surface area contributed by atoms with Crippen molar-refractivity contribution in [1.29, 1.82) is 0 Å². The first-order chi connectivity index (χ1) is 6.04. The molecule has 3 nitrogen and oxygen atoms in total. The molecule has 0 spiro atoms. The lowest BCUT2D eigenvalue weighted by Gasteiger charge is -1.98. The number of thioether (sulfide) groups is 1. The molecule has 0 N–H and O–H groups in total. The van der Waals surface area contributed by atoms with Crippen LogP contribution in [-0.4, -0.2) is 17.7 Å². The third kappa shape index (κ3) is 7.33. The van der Waals surface area contributed by atoms with Crippen LogP contribution >= 0.6 is 11.8 Å². The summed E-state index contributed by atoms with van der Waals surface area (Å²) in [4.78, 5) is 21.2. The van der Waals surface area contributed by atoms with Gasteiger partial charge in [-0.15, -0.1) is 0 Å². The topological polar surface area (TPSA) is 43.4 Å². The zero-order valence-corrected chi connectivity index (χ0v) is 8.52. The molecule has 0 aromatic carbocycles. The predicted molar refractivity (Wildman–Crippen MR) is 53.2 cm³/mol. The highest BCUT2D eigenvalue weighted by molar-refractivity contribution is 8.16. The van der Waals surface area contributed by atoms with Gasteiger partial charge in [-0.1, -0.05) is 18.3 Å². The molecule has 0 unspecified atom stereocenters. The van der Waals surface area contributed by atoms with Crippen molar-refractivity contribution in [1.82, 2.24) is 0 Å². The summed E-state index contributed by atoms with van der Waals surface area (Å²) in [5, 5.41) is 1.59. The van der Waals surface area contributed by atoms with Crippen LogP contribution in [0.2, 0.25) is 0 Å². The van der Waals surface area contributed by atoms with Gasteiger partial charge in [0.2, 0.25) is 0 Å². The number of hydrogen-bond donors (Lipinski definition) is 0. The largest absolute Gasteiger partial charge is 0.458 e. The van der Waals surface area contributed by atoms with Gasteiger partial charge in [-0.25, -0.2) is 4.79 Å². The van der Waals surface area contributed by atoms with Gasteiger partial charge in [-0.2, -0.15) is 0 Å². The first-order valence-electron chi connectivity index (χ1n) is 3.69. The minimum Gasteiger partial charge on any atom is -0.458 e. The molecule has 4 heteroatoms. The lowest BCUT2D eigenvalue weighted by atomic mass is 10.4. The summed E-state index contributed by atoms with van der Waals surface area (Å²) in [6.45, 7) is 6.64. The second-order valence-corrected chi connectivity index (χ2v) is 3.44. The Morgan fingerprint density at radius 3 is 2.54 bits per heavy atom. The Bertz CT molecular complexity index is 243. The van der Waals surface area contributed by atoms with E-state index in [0.717, 1.165) is 11.8 Å². The van der Waals surface area contributed by atoms with E-state index < -0.39 is 5.97 Å². The molecule has 0 heterocycles. The van der Waals surface area contributed by atoms with Crippen LogP contribution in [0.1, 0.15) is 13.8 Å². The van der Waals surface area contributed by atoms with E-state index >= 15 is 0 Å². The van der Waals surface area contributed by atoms with Crippen LogP contribution in [0.15, 0.2) is 23.6 Å². The van der Waals surface area contributed by atoms with Gasteiger partial charge in [0.05, 0.1) is 0 Å². The summed E-state index contributed by atoms with van der Waals surface area (Å²) < 4.78 is 4.74. The van der Waals surface area contributed by atoms with Crippen molar-refractivity contribution < 1.29 is 14.3 Å². The predicted octanol–water partition coefficient (Wildman–Crippen LogP) is 1.90. The van der Waals surface area contributed by atoms with E-state index in [1.54, 1.807) is 18.4 Å². The van der Waals surface area contributed by atoms with E-state index in [9.17, 15) is 9.59 Å². The molecule has 0 aromatic rings. The van der Waals surface area contributed by atoms with Crippen molar-refractivity contribution in [2.24, 2.45) is 0 Å². The number of carbonyl (C=O) groups excluding carboxylic acids is 2. The maximum Gasteiger partial charge on any atom is 0.333 e. The third-order valence-electron chi connectivity index (χ3n) is 0.989. The minimum absolute atomic E-state index is 0.00229. The standard InChI is InChI=1S/C9H12O3S/c1-7(2)9(11)12-5-4-6-13-8(3)10/h4,6H,1,5H2,2-3H3/b6-4+. The van der Waals surface area contributed by atoms with Gasteiger partial charge in [0.1, 0.15) is 6.61 Å². The van der Waals surface area contributed by atoms with Crippen molar-refractivity contribution in [2.75, 3.05) is 6.61 Å². The first kappa shape index (κ1) is 12.0. The molecule has 0 saturated carbocycles. The summed E-state index contributed by atoms with van der Waals surface area (Å²) in [6, 6.07) is 0. The van der Waals surface area contributed by atoms with Gasteiger partial charge in [0.25, 0.3) is 0 Å². The van der Waals surface area contributed by atoms with Crippen molar-refractivity contribution in [3.63, 3.8) is 0 Å². The molecular weight excluding hydrogens is 188 g/mol. The zero-order chi connectivity index (χ0) is 10.3. The van der Waals surface area contributed by atoms with Gasteiger partial charge in [-0.05, 0) is 18.4 Å². The van der Waals surface area contributed by atoms with Gasteiger partial charge in [-0.3, -0.25) is 4.79 Å². The Kier molecular flexibility index (Phi) is 5.97. The molecule has 0 aromatic heterocycles. The maximum absolute atomic E-state index is 10.8. The second-order valence-electron chi connectivity index (χ2n) is 2.36. The number of esters is 1. The molecule has 0 saturated heterocycles. The van der Waals surface area contributed by atoms with Gasteiger partial charge in [0.15, 0.2) is 5.12 Å². The third-order valence-corrected chi connectivity index (χ3v) is 1.65. The number of carbonyl (C=O) groups is 2. The SMILES string of the molecule is C=C(C)C(=O)OC/C=C/SC(C)=O. The molecule has 13 heavy (non-hydrogen) atoms. The molecule has 0 radical (unpaired) electrons. The van der Waals surface area contributed by atoms with Crippen LogP contribution in [0.4, 0.5) is 0 Å². The quantitative estimate of drug-likeness (QED) is 0.513. The summed E-state index contributed by atoms with van der Waals surface area (Å²) in [5.74, 6) is -0.419. The van der Waals surface area contributed by atoms with E-state index in [1.807, 2.05) is 0 Å². The fourth-order valence-electron chi connectivity index (χ4n) is 0.430. The van der Waals surface area contributed by atoms with Crippen LogP contribution in [-0.2, 0) is 14.3 Å². The zero-order valence-electron chi connectivity index (χ0n) is 7.70. The number of hydrogen-bond acceptors (Lipinski definition) is 4. The van der Waals surface area contributed by atoms with Crippen LogP contribution in [0, 0.1) is 0 Å². The highest BCUT2D eigenvalue weighted by atomic mass is 32.2. The van der Waals surface area contributed by atoms with Crippen LogP contribution in [0.25, 0.3) is 0 Å². The van der Waals surface area contributed by atoms with Crippen molar-refractivity contribution in [3.05, 3.63) is 23.6 Å². The highest BCUT2D eigenvalue weighted by Gasteiger charge is 1.99. The Morgan fingerprint density at radius 2 is 2.08 bits per heavy atom. The summed E-state index contributed by atoms with van der Waals surface area (Å²) in [7, 11) is 0. The van der Waals surface area contributed by atoms with Crippen LogP contribution in [0.3, 0.4) is 0 Å². The van der Waals surface area contributed by atoms with Crippen LogP contribution < -0.4 is 0 Å². The molecule has 0 amide bonds. The average molecular weight is 200 g/mol. The molecule has 0 aliphatic rings.